The fourth-order valence-electron chi connectivity index (χ4n) is 4.44. The lowest BCUT2D eigenvalue weighted by Crippen LogP contribution is -2.48. The number of halogens is 1. The standard InChI is InChI=1S/C22H24FN5O3/c1-3-17(15-6-8-16(23)9-7-15)26-11-13-27(14-12-26)20-19-18(5-4-10-24-19)25(2)22(29)21(20)28(30)31/h4-10,17H,3,11-14H2,1-2H3. The topological polar surface area (TPSA) is 84.5 Å². The number of aryl methyl sites for hydroxylation is 1. The van der Waals surface area contributed by atoms with Crippen molar-refractivity contribution in [2.45, 2.75) is 19.4 Å². The molecule has 0 aliphatic carbocycles. The molecule has 1 aromatic carbocycles. The summed E-state index contributed by atoms with van der Waals surface area (Å²) in [5.41, 5.74) is 1.28. The fraction of sp³-hybridized carbons (Fsp3) is 0.364. The molecule has 1 aliphatic heterocycles. The molecule has 0 N–H and O–H groups in total. The van der Waals surface area contributed by atoms with Gasteiger partial charge in [-0.1, -0.05) is 19.1 Å². The van der Waals surface area contributed by atoms with Crippen LogP contribution in [0.3, 0.4) is 0 Å². The molecule has 4 rings (SSSR count). The van der Waals surface area contributed by atoms with E-state index < -0.39 is 16.2 Å². The molecule has 9 heteroatoms. The first-order valence-corrected chi connectivity index (χ1v) is 10.3. The van der Waals surface area contributed by atoms with Crippen LogP contribution in [-0.2, 0) is 7.05 Å². The molecule has 1 atom stereocenters. The predicted octanol–water partition coefficient (Wildman–Crippen LogP) is 3.25. The third kappa shape index (κ3) is 3.76. The summed E-state index contributed by atoms with van der Waals surface area (Å²) in [6, 6.07) is 10.1. The van der Waals surface area contributed by atoms with Crippen LogP contribution in [0.2, 0.25) is 0 Å². The van der Waals surface area contributed by atoms with Crippen molar-refractivity contribution in [3.05, 3.63) is 74.4 Å². The number of anilines is 1. The van der Waals surface area contributed by atoms with Gasteiger partial charge in [0.25, 0.3) is 0 Å². The number of piperazine rings is 1. The van der Waals surface area contributed by atoms with Crippen LogP contribution in [0, 0.1) is 15.9 Å². The van der Waals surface area contributed by atoms with Crippen molar-refractivity contribution in [2.75, 3.05) is 31.1 Å². The van der Waals surface area contributed by atoms with Crippen LogP contribution in [-0.4, -0.2) is 45.6 Å². The molecular weight excluding hydrogens is 401 g/mol. The first kappa shape index (κ1) is 20.9. The van der Waals surface area contributed by atoms with E-state index in [0.717, 1.165) is 12.0 Å². The fourth-order valence-corrected chi connectivity index (χ4v) is 4.44. The van der Waals surface area contributed by atoms with Gasteiger partial charge in [-0.2, -0.15) is 0 Å². The molecule has 1 aliphatic rings. The Bertz CT molecular complexity index is 1170. The van der Waals surface area contributed by atoms with Crippen LogP contribution in [0.25, 0.3) is 11.0 Å². The quantitative estimate of drug-likeness (QED) is 0.461. The van der Waals surface area contributed by atoms with Crippen LogP contribution < -0.4 is 10.5 Å². The molecule has 0 amide bonds. The second-order valence-electron chi connectivity index (χ2n) is 7.69. The molecule has 0 radical (unpaired) electrons. The highest BCUT2D eigenvalue weighted by molar-refractivity contribution is 5.93. The van der Waals surface area contributed by atoms with Gasteiger partial charge in [0.05, 0.1) is 10.4 Å². The number of aromatic nitrogens is 2. The van der Waals surface area contributed by atoms with E-state index in [-0.39, 0.29) is 17.5 Å². The third-order valence-corrected chi connectivity index (χ3v) is 6.00. The zero-order valence-electron chi connectivity index (χ0n) is 17.5. The summed E-state index contributed by atoms with van der Waals surface area (Å²) in [6.07, 6.45) is 2.44. The van der Waals surface area contributed by atoms with Gasteiger partial charge in [0.2, 0.25) is 0 Å². The van der Waals surface area contributed by atoms with E-state index in [1.807, 2.05) is 4.90 Å². The summed E-state index contributed by atoms with van der Waals surface area (Å²) in [7, 11) is 1.52. The van der Waals surface area contributed by atoms with E-state index in [2.05, 4.69) is 16.8 Å². The summed E-state index contributed by atoms with van der Waals surface area (Å²) in [4.78, 5) is 32.5. The number of fused-ring (bicyclic) bond motifs is 1. The van der Waals surface area contributed by atoms with Crippen LogP contribution in [0.1, 0.15) is 24.9 Å². The molecule has 8 nitrogen and oxygen atoms in total. The van der Waals surface area contributed by atoms with Gasteiger partial charge < -0.3 is 9.47 Å². The molecule has 3 aromatic rings. The van der Waals surface area contributed by atoms with Crippen LogP contribution in [0.4, 0.5) is 15.8 Å². The van der Waals surface area contributed by atoms with E-state index in [1.54, 1.807) is 30.5 Å². The summed E-state index contributed by atoms with van der Waals surface area (Å²) in [6.45, 7) is 4.46. The Kier molecular flexibility index (Phi) is 5.69. The van der Waals surface area contributed by atoms with Crippen molar-refractivity contribution < 1.29 is 9.31 Å². The number of rotatable bonds is 5. The highest BCUT2D eigenvalue weighted by atomic mass is 19.1. The molecule has 0 saturated carbocycles. The minimum Gasteiger partial charge on any atom is -0.361 e. The zero-order valence-corrected chi connectivity index (χ0v) is 17.5. The Balaban J connectivity index is 1.67. The van der Waals surface area contributed by atoms with Gasteiger partial charge in [-0.3, -0.25) is 24.8 Å². The van der Waals surface area contributed by atoms with Crippen LogP contribution >= 0.6 is 0 Å². The largest absolute Gasteiger partial charge is 0.361 e. The average molecular weight is 425 g/mol. The lowest BCUT2D eigenvalue weighted by Gasteiger charge is -2.40. The van der Waals surface area contributed by atoms with E-state index in [1.165, 1.54) is 23.7 Å². The summed E-state index contributed by atoms with van der Waals surface area (Å²) >= 11 is 0. The number of hydrogen-bond donors (Lipinski definition) is 0. The summed E-state index contributed by atoms with van der Waals surface area (Å²) in [5, 5.41) is 11.8. The third-order valence-electron chi connectivity index (χ3n) is 6.00. The van der Waals surface area contributed by atoms with Gasteiger partial charge in [-0.15, -0.1) is 0 Å². The Morgan fingerprint density at radius 2 is 1.84 bits per heavy atom. The van der Waals surface area contributed by atoms with Crippen molar-refractivity contribution in [2.24, 2.45) is 7.05 Å². The van der Waals surface area contributed by atoms with Crippen LogP contribution in [0.15, 0.2) is 47.4 Å². The zero-order chi connectivity index (χ0) is 22.1. The minimum absolute atomic E-state index is 0.135. The smallest absolute Gasteiger partial charge is 0.359 e. The number of hydrogen-bond acceptors (Lipinski definition) is 6. The van der Waals surface area contributed by atoms with E-state index >= 15 is 0 Å². The SMILES string of the molecule is CCC(c1ccc(F)cc1)N1CCN(c2c([N+](=O)[O-])c(=O)n(C)c3cccnc23)CC1. The molecular formula is C22H24FN5O3. The van der Waals surface area contributed by atoms with Gasteiger partial charge in [0.15, 0.2) is 0 Å². The van der Waals surface area contributed by atoms with Gasteiger partial charge in [-0.25, -0.2) is 4.39 Å². The second-order valence-corrected chi connectivity index (χ2v) is 7.69. The van der Waals surface area contributed by atoms with Gasteiger partial charge in [0, 0.05) is 45.5 Å². The predicted molar refractivity (Wildman–Crippen MR) is 117 cm³/mol. The van der Waals surface area contributed by atoms with Crippen molar-refractivity contribution in [3.8, 4) is 0 Å². The van der Waals surface area contributed by atoms with Gasteiger partial charge in [-0.05, 0) is 36.2 Å². The van der Waals surface area contributed by atoms with Crippen molar-refractivity contribution >= 4 is 22.4 Å². The minimum atomic E-state index is -0.638. The molecule has 1 saturated heterocycles. The molecule has 31 heavy (non-hydrogen) atoms. The molecule has 162 valence electrons. The van der Waals surface area contributed by atoms with Crippen molar-refractivity contribution in [1.29, 1.82) is 0 Å². The normalized spacial score (nSPS) is 15.9. The lowest BCUT2D eigenvalue weighted by molar-refractivity contribution is -0.385. The maximum atomic E-state index is 13.3. The van der Waals surface area contributed by atoms with Crippen LogP contribution in [0.5, 0.6) is 0 Å². The molecule has 1 fully saturated rings. The maximum Gasteiger partial charge on any atom is 0.359 e. The second kappa shape index (κ2) is 8.43. The number of benzene rings is 1. The summed E-state index contributed by atoms with van der Waals surface area (Å²) in [5.74, 6) is -0.263. The van der Waals surface area contributed by atoms with E-state index in [9.17, 15) is 19.3 Å². The Labute approximate surface area is 178 Å². The first-order chi connectivity index (χ1) is 14.9. The monoisotopic (exact) mass is 425 g/mol. The molecule has 2 aromatic heterocycles. The molecule has 0 bridgehead atoms. The average Bonchev–Trinajstić information content (AvgIpc) is 2.78. The van der Waals surface area contributed by atoms with E-state index in [0.29, 0.717) is 37.2 Å². The summed E-state index contributed by atoms with van der Waals surface area (Å²) < 4.78 is 14.6. The lowest BCUT2D eigenvalue weighted by atomic mass is 10.0. The van der Waals surface area contributed by atoms with Crippen molar-refractivity contribution in [3.63, 3.8) is 0 Å². The number of nitrogens with zero attached hydrogens (tertiary/aromatic N) is 5. The molecule has 3 heterocycles. The highest BCUT2D eigenvalue weighted by Gasteiger charge is 2.32. The Morgan fingerprint density at radius 3 is 2.45 bits per heavy atom. The number of nitro groups is 1. The maximum absolute atomic E-state index is 13.3. The van der Waals surface area contributed by atoms with Gasteiger partial charge >= 0.3 is 11.2 Å². The van der Waals surface area contributed by atoms with E-state index in [4.69, 9.17) is 0 Å². The molecule has 1 unspecified atom stereocenters. The van der Waals surface area contributed by atoms with Gasteiger partial charge in [0.1, 0.15) is 17.0 Å². The Morgan fingerprint density at radius 1 is 1.16 bits per heavy atom. The highest BCUT2D eigenvalue weighted by Crippen LogP contribution is 2.34. The molecule has 0 spiro atoms. The Hall–Kier alpha value is -3.33. The first-order valence-electron chi connectivity index (χ1n) is 10.3. The van der Waals surface area contributed by atoms with Crippen molar-refractivity contribution in [1.82, 2.24) is 14.5 Å². The number of pyridine rings is 2.